The molecule has 3 heteroatoms. The van der Waals surface area contributed by atoms with Crippen LogP contribution in [0.4, 0.5) is 0 Å². The minimum absolute atomic E-state index is 0.343. The Morgan fingerprint density at radius 2 is 2.23 bits per heavy atom. The van der Waals surface area contributed by atoms with Crippen LogP contribution in [0.1, 0.15) is 33.1 Å². The van der Waals surface area contributed by atoms with Crippen molar-refractivity contribution < 1.29 is 5.11 Å². The molecular formula is C10H22N2O. The lowest BCUT2D eigenvalue weighted by Gasteiger charge is -2.32. The molecule has 0 aromatic carbocycles. The number of hydrogen-bond acceptors (Lipinski definition) is 3. The van der Waals surface area contributed by atoms with Crippen LogP contribution >= 0.6 is 0 Å². The molecule has 0 aromatic heterocycles. The fraction of sp³-hybridized carbons (Fsp3) is 1.00. The predicted molar refractivity (Wildman–Crippen MR) is 54.6 cm³/mol. The van der Waals surface area contributed by atoms with Crippen molar-refractivity contribution >= 4 is 0 Å². The van der Waals surface area contributed by atoms with Gasteiger partial charge in [-0.05, 0) is 39.7 Å². The van der Waals surface area contributed by atoms with Crippen molar-refractivity contribution in [1.82, 2.24) is 4.90 Å². The zero-order valence-electron chi connectivity index (χ0n) is 8.79. The molecule has 1 aliphatic heterocycles. The summed E-state index contributed by atoms with van der Waals surface area (Å²) < 4.78 is 0. The van der Waals surface area contributed by atoms with Crippen LogP contribution in [0, 0.1) is 0 Å². The van der Waals surface area contributed by atoms with Crippen molar-refractivity contribution in [2.45, 2.75) is 44.8 Å². The molecule has 0 radical (unpaired) electrons. The van der Waals surface area contributed by atoms with Crippen LogP contribution in [0.5, 0.6) is 0 Å². The molecule has 0 aliphatic carbocycles. The fourth-order valence-corrected chi connectivity index (χ4v) is 1.73. The SMILES string of the molecule is CC(C)(O)CCN1CCCC(N)C1. The molecule has 1 saturated heterocycles. The zero-order valence-corrected chi connectivity index (χ0v) is 8.79. The van der Waals surface area contributed by atoms with Crippen molar-refractivity contribution in [1.29, 1.82) is 0 Å². The number of nitrogens with zero attached hydrogens (tertiary/aromatic N) is 1. The van der Waals surface area contributed by atoms with Crippen LogP contribution in [0.3, 0.4) is 0 Å². The second-order valence-electron chi connectivity index (χ2n) is 4.77. The average molecular weight is 186 g/mol. The summed E-state index contributed by atoms with van der Waals surface area (Å²) >= 11 is 0. The number of aliphatic hydroxyl groups is 1. The molecular weight excluding hydrogens is 164 g/mol. The third-order valence-corrected chi connectivity index (χ3v) is 2.58. The molecule has 1 heterocycles. The second kappa shape index (κ2) is 4.40. The van der Waals surface area contributed by atoms with Crippen LogP contribution < -0.4 is 5.73 Å². The van der Waals surface area contributed by atoms with Gasteiger partial charge < -0.3 is 15.7 Å². The largest absolute Gasteiger partial charge is 0.390 e. The molecule has 1 unspecified atom stereocenters. The summed E-state index contributed by atoms with van der Waals surface area (Å²) in [5.41, 5.74) is 5.32. The third-order valence-electron chi connectivity index (χ3n) is 2.58. The maximum atomic E-state index is 9.56. The molecule has 1 fully saturated rings. The second-order valence-corrected chi connectivity index (χ2v) is 4.77. The summed E-state index contributed by atoms with van der Waals surface area (Å²) in [7, 11) is 0. The lowest BCUT2D eigenvalue weighted by Crippen LogP contribution is -2.44. The monoisotopic (exact) mass is 186 g/mol. The van der Waals surface area contributed by atoms with Gasteiger partial charge in [0.1, 0.15) is 0 Å². The lowest BCUT2D eigenvalue weighted by molar-refractivity contribution is 0.0536. The van der Waals surface area contributed by atoms with Crippen molar-refractivity contribution in [3.8, 4) is 0 Å². The first-order chi connectivity index (χ1) is 5.97. The molecule has 0 spiro atoms. The van der Waals surface area contributed by atoms with Crippen molar-refractivity contribution in [2.75, 3.05) is 19.6 Å². The molecule has 0 amide bonds. The Hall–Kier alpha value is -0.120. The Kier molecular flexibility index (Phi) is 3.71. The average Bonchev–Trinajstić information content (AvgIpc) is 2.00. The van der Waals surface area contributed by atoms with E-state index in [2.05, 4.69) is 4.90 Å². The van der Waals surface area contributed by atoms with Gasteiger partial charge >= 0.3 is 0 Å². The zero-order chi connectivity index (χ0) is 9.90. The van der Waals surface area contributed by atoms with E-state index in [-0.39, 0.29) is 0 Å². The van der Waals surface area contributed by atoms with E-state index in [1.54, 1.807) is 0 Å². The van der Waals surface area contributed by atoms with Crippen LogP contribution in [0.15, 0.2) is 0 Å². The molecule has 3 N–H and O–H groups in total. The van der Waals surface area contributed by atoms with E-state index in [4.69, 9.17) is 5.73 Å². The minimum Gasteiger partial charge on any atom is -0.390 e. The van der Waals surface area contributed by atoms with E-state index in [0.717, 1.165) is 32.5 Å². The molecule has 78 valence electrons. The Labute approximate surface area is 80.9 Å². The Morgan fingerprint density at radius 3 is 2.77 bits per heavy atom. The number of piperidine rings is 1. The molecule has 1 atom stereocenters. The van der Waals surface area contributed by atoms with Crippen LogP contribution in [-0.2, 0) is 0 Å². The summed E-state index contributed by atoms with van der Waals surface area (Å²) in [6.45, 7) is 6.82. The summed E-state index contributed by atoms with van der Waals surface area (Å²) in [5.74, 6) is 0. The first-order valence-electron chi connectivity index (χ1n) is 5.18. The molecule has 13 heavy (non-hydrogen) atoms. The summed E-state index contributed by atoms with van der Waals surface area (Å²) in [6.07, 6.45) is 3.19. The van der Waals surface area contributed by atoms with Crippen LogP contribution in [0.25, 0.3) is 0 Å². The Bertz CT molecular complexity index is 153. The highest BCUT2D eigenvalue weighted by molar-refractivity contribution is 4.77. The Morgan fingerprint density at radius 1 is 1.54 bits per heavy atom. The molecule has 0 bridgehead atoms. The fourth-order valence-electron chi connectivity index (χ4n) is 1.73. The van der Waals surface area contributed by atoms with Gasteiger partial charge in [0, 0.05) is 19.1 Å². The Balaban J connectivity index is 2.21. The topological polar surface area (TPSA) is 49.5 Å². The van der Waals surface area contributed by atoms with Gasteiger partial charge in [0.25, 0.3) is 0 Å². The quantitative estimate of drug-likeness (QED) is 0.677. The number of nitrogens with two attached hydrogens (primary N) is 1. The van der Waals surface area contributed by atoms with E-state index in [0.29, 0.717) is 6.04 Å². The van der Waals surface area contributed by atoms with E-state index < -0.39 is 5.60 Å². The van der Waals surface area contributed by atoms with Gasteiger partial charge in [-0.25, -0.2) is 0 Å². The maximum Gasteiger partial charge on any atom is 0.0603 e. The van der Waals surface area contributed by atoms with Gasteiger partial charge in [-0.1, -0.05) is 0 Å². The van der Waals surface area contributed by atoms with Gasteiger partial charge in [-0.15, -0.1) is 0 Å². The van der Waals surface area contributed by atoms with E-state index in [1.165, 1.54) is 6.42 Å². The van der Waals surface area contributed by atoms with Crippen molar-refractivity contribution in [3.05, 3.63) is 0 Å². The van der Waals surface area contributed by atoms with E-state index >= 15 is 0 Å². The van der Waals surface area contributed by atoms with E-state index in [9.17, 15) is 5.11 Å². The predicted octanol–water partition coefficient (Wildman–Crippen LogP) is 0.571. The van der Waals surface area contributed by atoms with Crippen molar-refractivity contribution in [2.24, 2.45) is 5.73 Å². The van der Waals surface area contributed by atoms with Gasteiger partial charge in [0.15, 0.2) is 0 Å². The van der Waals surface area contributed by atoms with Crippen LogP contribution in [-0.4, -0.2) is 41.3 Å². The first-order valence-corrected chi connectivity index (χ1v) is 5.18. The van der Waals surface area contributed by atoms with E-state index in [1.807, 2.05) is 13.8 Å². The highest BCUT2D eigenvalue weighted by Crippen LogP contribution is 2.12. The van der Waals surface area contributed by atoms with Gasteiger partial charge in [0.05, 0.1) is 5.60 Å². The van der Waals surface area contributed by atoms with Gasteiger partial charge in [0.2, 0.25) is 0 Å². The number of likely N-dealkylation sites (tertiary alicyclic amines) is 1. The molecule has 0 aromatic rings. The molecule has 0 saturated carbocycles. The number of hydrogen-bond donors (Lipinski definition) is 2. The summed E-state index contributed by atoms with van der Waals surface area (Å²) in [5, 5.41) is 9.56. The summed E-state index contributed by atoms with van der Waals surface area (Å²) in [4.78, 5) is 2.35. The lowest BCUT2D eigenvalue weighted by atomic mass is 10.0. The summed E-state index contributed by atoms with van der Waals surface area (Å²) in [6, 6.07) is 0.343. The normalized spacial score (nSPS) is 26.3. The molecule has 1 aliphatic rings. The highest BCUT2D eigenvalue weighted by Gasteiger charge is 2.19. The molecule has 1 rings (SSSR count). The standard InChI is InChI=1S/C10H22N2O/c1-10(2,13)5-7-12-6-3-4-9(11)8-12/h9,13H,3-8,11H2,1-2H3. The highest BCUT2D eigenvalue weighted by atomic mass is 16.3. The van der Waals surface area contributed by atoms with Gasteiger partial charge in [-0.3, -0.25) is 0 Å². The smallest absolute Gasteiger partial charge is 0.0603 e. The third kappa shape index (κ3) is 4.60. The minimum atomic E-state index is -0.540. The number of rotatable bonds is 3. The van der Waals surface area contributed by atoms with Crippen LogP contribution in [0.2, 0.25) is 0 Å². The van der Waals surface area contributed by atoms with Gasteiger partial charge in [-0.2, -0.15) is 0 Å². The first kappa shape index (κ1) is 11.0. The molecule has 3 nitrogen and oxygen atoms in total. The van der Waals surface area contributed by atoms with Crippen molar-refractivity contribution in [3.63, 3.8) is 0 Å². The maximum absolute atomic E-state index is 9.56.